The van der Waals surface area contributed by atoms with Gasteiger partial charge in [0.1, 0.15) is 0 Å². The molecule has 0 bridgehead atoms. The van der Waals surface area contributed by atoms with E-state index in [0.29, 0.717) is 25.2 Å². The molecular weight excluding hydrogens is 402 g/mol. The summed E-state index contributed by atoms with van der Waals surface area (Å²) < 4.78 is 0. The van der Waals surface area contributed by atoms with Crippen LogP contribution < -0.4 is 0 Å². The molecule has 30 heavy (non-hydrogen) atoms. The summed E-state index contributed by atoms with van der Waals surface area (Å²) >= 11 is 1.81. The van der Waals surface area contributed by atoms with E-state index in [1.807, 2.05) is 9.80 Å². The van der Waals surface area contributed by atoms with E-state index in [4.69, 9.17) is 0 Å². The fraction of sp³-hybridized carbons (Fsp3) is 0.636. The first-order valence-electron chi connectivity index (χ1n) is 10.9. The predicted octanol–water partition coefficient (Wildman–Crippen LogP) is 4.32. The van der Waals surface area contributed by atoms with Crippen LogP contribution in [0.1, 0.15) is 62.7 Å². The highest BCUT2D eigenvalue weighted by atomic mass is 32.2. The first kappa shape index (κ1) is 22.6. The maximum absolute atomic E-state index is 13.2. The number of thioether (sulfide) groups is 1. The quantitative estimate of drug-likeness (QED) is 0.472. The van der Waals surface area contributed by atoms with Crippen LogP contribution in [0.3, 0.4) is 0 Å². The minimum atomic E-state index is -0.460. The van der Waals surface area contributed by atoms with Gasteiger partial charge in [-0.15, -0.1) is 11.8 Å². The Balaban J connectivity index is 1.66. The van der Waals surface area contributed by atoms with Crippen molar-refractivity contribution in [3.8, 4) is 0 Å². The van der Waals surface area contributed by atoms with E-state index < -0.39 is 4.92 Å². The van der Waals surface area contributed by atoms with E-state index in [0.717, 1.165) is 44.3 Å². The molecule has 0 aliphatic carbocycles. The van der Waals surface area contributed by atoms with Gasteiger partial charge in [0.2, 0.25) is 5.91 Å². The summed E-state index contributed by atoms with van der Waals surface area (Å²) in [5.41, 5.74) is 0.462. The highest BCUT2D eigenvalue weighted by Gasteiger charge is 2.47. The molecule has 2 amide bonds. The molecule has 0 N–H and O–H groups in total. The van der Waals surface area contributed by atoms with Gasteiger partial charge in [0, 0.05) is 49.0 Å². The Morgan fingerprint density at radius 1 is 1.17 bits per heavy atom. The number of carbonyl (C=O) groups excluding carboxylic acids is 2. The molecule has 2 fully saturated rings. The molecule has 0 saturated carbocycles. The average Bonchev–Trinajstić information content (AvgIpc) is 3.17. The van der Waals surface area contributed by atoms with Crippen LogP contribution in [0.2, 0.25) is 0 Å². The van der Waals surface area contributed by atoms with Crippen molar-refractivity contribution in [3.63, 3.8) is 0 Å². The second-order valence-corrected chi connectivity index (χ2v) is 9.58. The molecule has 1 spiro atoms. The van der Waals surface area contributed by atoms with Crippen LogP contribution >= 0.6 is 11.8 Å². The fourth-order valence-electron chi connectivity index (χ4n) is 4.48. The summed E-state index contributed by atoms with van der Waals surface area (Å²) in [5.74, 6) is 1.16. The Kier molecular flexibility index (Phi) is 7.39. The van der Waals surface area contributed by atoms with E-state index in [9.17, 15) is 19.7 Å². The molecule has 1 atom stereocenters. The number of hydrogen-bond acceptors (Lipinski definition) is 5. The summed E-state index contributed by atoms with van der Waals surface area (Å²) in [4.78, 5) is 40.1. The number of rotatable bonds is 7. The highest BCUT2D eigenvalue weighted by Crippen LogP contribution is 2.44. The molecular formula is C22H31N3O4S. The molecule has 3 rings (SSSR count). The molecule has 1 aromatic rings. The third-order valence-electron chi connectivity index (χ3n) is 6.35. The SMILES string of the molecule is CCCCC(CC)C(=O)N1CCC2(CC1)SCCN2C(=O)c1ccc([N+](=O)[O-])cc1. The van der Waals surface area contributed by atoms with Gasteiger partial charge >= 0.3 is 0 Å². The minimum absolute atomic E-state index is 0.0163. The van der Waals surface area contributed by atoms with Crippen LogP contribution in [-0.2, 0) is 4.79 Å². The Morgan fingerprint density at radius 2 is 1.83 bits per heavy atom. The van der Waals surface area contributed by atoms with Crippen molar-refractivity contribution in [2.45, 2.75) is 57.2 Å². The Bertz CT molecular complexity index is 775. The number of carbonyl (C=O) groups is 2. The van der Waals surface area contributed by atoms with Crippen LogP contribution in [0.5, 0.6) is 0 Å². The first-order valence-corrected chi connectivity index (χ1v) is 11.9. The highest BCUT2D eigenvalue weighted by molar-refractivity contribution is 8.00. The van der Waals surface area contributed by atoms with Crippen LogP contribution in [-0.4, -0.2) is 56.8 Å². The number of piperidine rings is 1. The van der Waals surface area contributed by atoms with Crippen molar-refractivity contribution >= 4 is 29.3 Å². The summed E-state index contributed by atoms with van der Waals surface area (Å²) in [5, 5.41) is 10.9. The van der Waals surface area contributed by atoms with Gasteiger partial charge in [-0.25, -0.2) is 0 Å². The smallest absolute Gasteiger partial charge is 0.269 e. The van der Waals surface area contributed by atoms with Crippen molar-refractivity contribution < 1.29 is 14.5 Å². The van der Waals surface area contributed by atoms with Crippen LogP contribution in [0, 0.1) is 16.0 Å². The van der Waals surface area contributed by atoms with Gasteiger partial charge in [-0.3, -0.25) is 19.7 Å². The molecule has 164 valence electrons. The Hall–Kier alpha value is -2.09. The van der Waals surface area contributed by atoms with Gasteiger partial charge < -0.3 is 9.80 Å². The van der Waals surface area contributed by atoms with E-state index >= 15 is 0 Å². The molecule has 8 heteroatoms. The molecule has 1 aromatic carbocycles. The number of nitrogens with zero attached hydrogens (tertiary/aromatic N) is 3. The largest absolute Gasteiger partial charge is 0.342 e. The van der Waals surface area contributed by atoms with Crippen molar-refractivity contribution in [1.29, 1.82) is 0 Å². The number of likely N-dealkylation sites (tertiary alicyclic amines) is 1. The average molecular weight is 434 g/mol. The topological polar surface area (TPSA) is 83.8 Å². The number of nitro groups is 1. The predicted molar refractivity (Wildman–Crippen MR) is 118 cm³/mol. The second-order valence-electron chi connectivity index (χ2n) is 8.13. The third-order valence-corrected chi connectivity index (χ3v) is 7.91. The van der Waals surface area contributed by atoms with Gasteiger partial charge in [-0.1, -0.05) is 26.7 Å². The number of nitro benzene ring substituents is 1. The molecule has 1 unspecified atom stereocenters. The zero-order chi connectivity index (χ0) is 21.7. The number of amides is 2. The fourth-order valence-corrected chi connectivity index (χ4v) is 5.93. The van der Waals surface area contributed by atoms with Gasteiger partial charge in [-0.05, 0) is 37.8 Å². The van der Waals surface area contributed by atoms with E-state index in [1.165, 1.54) is 24.3 Å². The van der Waals surface area contributed by atoms with Crippen molar-refractivity contribution in [3.05, 3.63) is 39.9 Å². The third kappa shape index (κ3) is 4.63. The van der Waals surface area contributed by atoms with E-state index in [1.54, 1.807) is 11.8 Å². The molecule has 2 aliphatic rings. The van der Waals surface area contributed by atoms with Crippen molar-refractivity contribution in [2.75, 3.05) is 25.4 Å². The zero-order valence-electron chi connectivity index (χ0n) is 17.8. The zero-order valence-corrected chi connectivity index (χ0v) is 18.7. The first-order chi connectivity index (χ1) is 14.4. The summed E-state index contributed by atoms with van der Waals surface area (Å²) in [6.45, 7) is 6.26. The lowest BCUT2D eigenvalue weighted by Crippen LogP contribution is -2.54. The monoisotopic (exact) mass is 433 g/mol. The van der Waals surface area contributed by atoms with Crippen molar-refractivity contribution in [2.24, 2.45) is 5.92 Å². The molecule has 2 aliphatic heterocycles. The summed E-state index contributed by atoms with van der Waals surface area (Å²) in [6.07, 6.45) is 5.55. The Labute approximate surface area is 182 Å². The summed E-state index contributed by atoms with van der Waals surface area (Å²) in [7, 11) is 0. The van der Waals surface area contributed by atoms with Gasteiger partial charge in [-0.2, -0.15) is 0 Å². The lowest BCUT2D eigenvalue weighted by atomic mass is 9.95. The Morgan fingerprint density at radius 3 is 2.40 bits per heavy atom. The molecule has 0 aromatic heterocycles. The standard InChI is InChI=1S/C22H31N3O4S/c1-3-5-6-17(4-2)20(26)23-13-11-22(12-14-23)24(15-16-30-22)21(27)18-7-9-19(10-8-18)25(28)29/h7-10,17H,3-6,11-16H2,1-2H3. The summed E-state index contributed by atoms with van der Waals surface area (Å²) in [6, 6.07) is 5.84. The lowest BCUT2D eigenvalue weighted by molar-refractivity contribution is -0.384. The molecule has 7 nitrogen and oxygen atoms in total. The molecule has 2 heterocycles. The van der Waals surface area contributed by atoms with Gasteiger partial charge in [0.15, 0.2) is 0 Å². The maximum Gasteiger partial charge on any atom is 0.269 e. The number of unbranched alkanes of at least 4 members (excludes halogenated alkanes) is 1. The molecule has 2 saturated heterocycles. The minimum Gasteiger partial charge on any atom is -0.342 e. The van der Waals surface area contributed by atoms with Crippen molar-refractivity contribution in [1.82, 2.24) is 9.80 Å². The molecule has 0 radical (unpaired) electrons. The van der Waals surface area contributed by atoms with E-state index in [-0.39, 0.29) is 28.3 Å². The normalized spacial score (nSPS) is 19.1. The van der Waals surface area contributed by atoms with Gasteiger partial charge in [0.25, 0.3) is 11.6 Å². The van der Waals surface area contributed by atoms with E-state index in [2.05, 4.69) is 13.8 Å². The van der Waals surface area contributed by atoms with Crippen LogP contribution in [0.25, 0.3) is 0 Å². The van der Waals surface area contributed by atoms with Crippen LogP contribution in [0.15, 0.2) is 24.3 Å². The second kappa shape index (κ2) is 9.81. The lowest BCUT2D eigenvalue weighted by Gasteiger charge is -2.44. The van der Waals surface area contributed by atoms with Gasteiger partial charge in [0.05, 0.1) is 9.79 Å². The van der Waals surface area contributed by atoms with Crippen LogP contribution in [0.4, 0.5) is 5.69 Å². The number of hydrogen-bond donors (Lipinski definition) is 0. The number of non-ortho nitro benzene ring substituents is 1. The maximum atomic E-state index is 13.2. The number of benzene rings is 1.